The van der Waals surface area contributed by atoms with Crippen molar-refractivity contribution in [2.24, 2.45) is 0 Å². The molecule has 0 fully saturated rings. The summed E-state index contributed by atoms with van der Waals surface area (Å²) in [5.41, 5.74) is 1.87. The highest BCUT2D eigenvalue weighted by Crippen LogP contribution is 2.28. The molecule has 0 aromatic heterocycles. The summed E-state index contributed by atoms with van der Waals surface area (Å²) in [5, 5.41) is 9.32. The number of aliphatic hydroxyl groups is 1. The van der Waals surface area contributed by atoms with Crippen LogP contribution in [0.2, 0.25) is 0 Å². The van der Waals surface area contributed by atoms with Crippen LogP contribution in [0.4, 0.5) is 0 Å². The van der Waals surface area contributed by atoms with Gasteiger partial charge in [-0.15, -0.1) is 0 Å². The molecule has 0 aliphatic heterocycles. The second-order valence-corrected chi connectivity index (χ2v) is 4.05. The van der Waals surface area contributed by atoms with Gasteiger partial charge in [0.05, 0.1) is 13.7 Å². The van der Waals surface area contributed by atoms with Crippen molar-refractivity contribution in [3.8, 4) is 17.2 Å². The van der Waals surface area contributed by atoms with E-state index in [4.69, 9.17) is 9.47 Å². The van der Waals surface area contributed by atoms with E-state index in [2.05, 4.69) is 0 Å². The van der Waals surface area contributed by atoms with E-state index in [9.17, 15) is 5.11 Å². The number of hydrogen-bond donors (Lipinski definition) is 1. The van der Waals surface area contributed by atoms with Crippen LogP contribution in [-0.2, 0) is 6.61 Å². The minimum Gasteiger partial charge on any atom is -0.497 e. The molecular formula is C15H16O3. The van der Waals surface area contributed by atoms with E-state index in [0.29, 0.717) is 11.5 Å². The van der Waals surface area contributed by atoms with Gasteiger partial charge in [0.2, 0.25) is 0 Å². The van der Waals surface area contributed by atoms with Crippen molar-refractivity contribution in [2.45, 2.75) is 13.5 Å². The molecule has 0 aliphatic rings. The van der Waals surface area contributed by atoms with E-state index in [-0.39, 0.29) is 6.61 Å². The molecule has 0 radical (unpaired) electrons. The average Bonchev–Trinajstić information content (AvgIpc) is 2.41. The van der Waals surface area contributed by atoms with E-state index >= 15 is 0 Å². The minimum absolute atomic E-state index is 0.0407. The Balaban J connectivity index is 2.27. The van der Waals surface area contributed by atoms with Crippen LogP contribution in [0.1, 0.15) is 11.1 Å². The van der Waals surface area contributed by atoms with Crippen LogP contribution >= 0.6 is 0 Å². The van der Waals surface area contributed by atoms with Gasteiger partial charge in [0.15, 0.2) is 0 Å². The summed E-state index contributed by atoms with van der Waals surface area (Å²) in [6, 6.07) is 13.1. The number of rotatable bonds is 4. The SMILES string of the molecule is COc1cccc(Oc2ccc(C)cc2CO)c1. The maximum Gasteiger partial charge on any atom is 0.132 e. The number of ether oxygens (including phenoxy) is 2. The lowest BCUT2D eigenvalue weighted by atomic mass is 10.1. The van der Waals surface area contributed by atoms with Crippen LogP contribution in [0.25, 0.3) is 0 Å². The molecule has 0 heterocycles. The molecular weight excluding hydrogens is 228 g/mol. The fraction of sp³-hybridized carbons (Fsp3) is 0.200. The number of aryl methyl sites for hydroxylation is 1. The van der Waals surface area contributed by atoms with Crippen LogP contribution in [0.5, 0.6) is 17.2 Å². The van der Waals surface area contributed by atoms with Crippen molar-refractivity contribution in [3.05, 3.63) is 53.6 Å². The Hall–Kier alpha value is -2.00. The van der Waals surface area contributed by atoms with Gasteiger partial charge in [0, 0.05) is 11.6 Å². The van der Waals surface area contributed by atoms with Gasteiger partial charge in [-0.2, -0.15) is 0 Å². The van der Waals surface area contributed by atoms with E-state index < -0.39 is 0 Å². The zero-order valence-electron chi connectivity index (χ0n) is 10.5. The van der Waals surface area contributed by atoms with Crippen LogP contribution < -0.4 is 9.47 Å². The summed E-state index contributed by atoms with van der Waals surface area (Å²) >= 11 is 0. The molecule has 0 saturated heterocycles. The van der Waals surface area contributed by atoms with Gasteiger partial charge in [-0.05, 0) is 25.1 Å². The molecule has 18 heavy (non-hydrogen) atoms. The molecule has 0 bridgehead atoms. The van der Waals surface area contributed by atoms with Gasteiger partial charge < -0.3 is 14.6 Å². The molecule has 3 heteroatoms. The van der Waals surface area contributed by atoms with Crippen LogP contribution in [0.3, 0.4) is 0 Å². The first-order valence-corrected chi connectivity index (χ1v) is 5.75. The van der Waals surface area contributed by atoms with Gasteiger partial charge in [-0.3, -0.25) is 0 Å². The molecule has 2 rings (SSSR count). The largest absolute Gasteiger partial charge is 0.497 e. The van der Waals surface area contributed by atoms with E-state index in [1.165, 1.54) is 0 Å². The average molecular weight is 244 g/mol. The summed E-state index contributed by atoms with van der Waals surface area (Å²) < 4.78 is 10.9. The Morgan fingerprint density at radius 1 is 1.06 bits per heavy atom. The summed E-state index contributed by atoms with van der Waals surface area (Å²) in [7, 11) is 1.62. The first kappa shape index (κ1) is 12.5. The zero-order valence-corrected chi connectivity index (χ0v) is 10.5. The molecule has 2 aromatic carbocycles. The Kier molecular flexibility index (Phi) is 3.85. The zero-order chi connectivity index (χ0) is 13.0. The van der Waals surface area contributed by atoms with Crippen molar-refractivity contribution in [1.82, 2.24) is 0 Å². The maximum atomic E-state index is 9.32. The Morgan fingerprint density at radius 2 is 1.83 bits per heavy atom. The van der Waals surface area contributed by atoms with Crippen molar-refractivity contribution in [3.63, 3.8) is 0 Å². The second-order valence-electron chi connectivity index (χ2n) is 4.05. The summed E-state index contributed by atoms with van der Waals surface area (Å²) in [6.07, 6.45) is 0. The third-order valence-corrected chi connectivity index (χ3v) is 2.66. The molecule has 0 unspecified atom stereocenters. The van der Waals surface area contributed by atoms with Crippen molar-refractivity contribution < 1.29 is 14.6 Å². The molecule has 2 aromatic rings. The maximum absolute atomic E-state index is 9.32. The molecule has 94 valence electrons. The van der Waals surface area contributed by atoms with Gasteiger partial charge in [-0.25, -0.2) is 0 Å². The fourth-order valence-corrected chi connectivity index (χ4v) is 1.72. The van der Waals surface area contributed by atoms with Crippen LogP contribution in [0, 0.1) is 6.92 Å². The third-order valence-electron chi connectivity index (χ3n) is 2.66. The van der Waals surface area contributed by atoms with Gasteiger partial charge in [-0.1, -0.05) is 23.8 Å². The van der Waals surface area contributed by atoms with Crippen molar-refractivity contribution in [1.29, 1.82) is 0 Å². The van der Waals surface area contributed by atoms with Crippen LogP contribution in [0.15, 0.2) is 42.5 Å². The smallest absolute Gasteiger partial charge is 0.132 e. The molecule has 0 saturated carbocycles. The summed E-state index contributed by atoms with van der Waals surface area (Å²) in [5.74, 6) is 2.09. The number of methoxy groups -OCH3 is 1. The Bertz CT molecular complexity index is 535. The minimum atomic E-state index is -0.0407. The molecule has 3 nitrogen and oxygen atoms in total. The topological polar surface area (TPSA) is 38.7 Å². The monoisotopic (exact) mass is 244 g/mol. The molecule has 0 amide bonds. The first-order chi connectivity index (χ1) is 8.72. The second kappa shape index (κ2) is 5.56. The number of hydrogen-bond acceptors (Lipinski definition) is 3. The molecule has 0 spiro atoms. The first-order valence-electron chi connectivity index (χ1n) is 5.75. The third kappa shape index (κ3) is 2.81. The van der Waals surface area contributed by atoms with Crippen LogP contribution in [-0.4, -0.2) is 12.2 Å². The summed E-state index contributed by atoms with van der Waals surface area (Å²) in [4.78, 5) is 0. The van der Waals surface area contributed by atoms with Gasteiger partial charge >= 0.3 is 0 Å². The van der Waals surface area contributed by atoms with E-state index in [1.807, 2.05) is 43.3 Å². The number of aliphatic hydroxyl groups excluding tert-OH is 1. The lowest BCUT2D eigenvalue weighted by molar-refractivity contribution is 0.276. The predicted octanol–water partition coefficient (Wildman–Crippen LogP) is 3.29. The van der Waals surface area contributed by atoms with E-state index in [0.717, 1.165) is 16.9 Å². The van der Waals surface area contributed by atoms with Gasteiger partial charge in [0.1, 0.15) is 17.2 Å². The highest BCUT2D eigenvalue weighted by molar-refractivity contribution is 5.41. The lowest BCUT2D eigenvalue weighted by Gasteiger charge is -2.11. The van der Waals surface area contributed by atoms with Crippen molar-refractivity contribution in [2.75, 3.05) is 7.11 Å². The quantitative estimate of drug-likeness (QED) is 0.897. The Labute approximate surface area is 107 Å². The predicted molar refractivity (Wildman–Crippen MR) is 70.2 cm³/mol. The normalized spacial score (nSPS) is 10.2. The molecule has 1 N–H and O–H groups in total. The molecule has 0 atom stereocenters. The van der Waals surface area contributed by atoms with Crippen molar-refractivity contribution >= 4 is 0 Å². The highest BCUT2D eigenvalue weighted by atomic mass is 16.5. The van der Waals surface area contributed by atoms with Gasteiger partial charge in [0.25, 0.3) is 0 Å². The molecule has 0 aliphatic carbocycles. The standard InChI is InChI=1S/C15H16O3/c1-11-6-7-15(12(8-11)10-16)18-14-5-3-4-13(9-14)17-2/h3-9,16H,10H2,1-2H3. The van der Waals surface area contributed by atoms with E-state index in [1.54, 1.807) is 13.2 Å². The number of benzene rings is 2. The summed E-state index contributed by atoms with van der Waals surface area (Å²) in [6.45, 7) is 1.94. The fourth-order valence-electron chi connectivity index (χ4n) is 1.72. The lowest BCUT2D eigenvalue weighted by Crippen LogP contribution is -1.93. The Morgan fingerprint density at radius 3 is 2.56 bits per heavy atom. The highest BCUT2D eigenvalue weighted by Gasteiger charge is 2.05.